The fraction of sp³-hybridized carbons (Fsp3) is 0.474. The number of fused-ring (bicyclic) bond motifs is 1. The molecule has 0 unspecified atom stereocenters. The predicted octanol–water partition coefficient (Wildman–Crippen LogP) is 2.76. The fourth-order valence-electron chi connectivity index (χ4n) is 3.33. The second-order valence-electron chi connectivity index (χ2n) is 6.55. The number of aromatic amines is 1. The number of H-pyrrole nitrogens is 1. The largest absolute Gasteiger partial charge is 0.496 e. The molecular weight excluding hydrogens is 318 g/mol. The average Bonchev–Trinajstić information content (AvgIpc) is 3.03. The lowest BCUT2D eigenvalue weighted by Gasteiger charge is -2.25. The van der Waals surface area contributed by atoms with Crippen LogP contribution in [0.4, 0.5) is 0 Å². The molecule has 1 aromatic heterocycles. The molecule has 1 aliphatic rings. The summed E-state index contributed by atoms with van der Waals surface area (Å²) in [5.74, 6) is 0.786. The van der Waals surface area contributed by atoms with Gasteiger partial charge in [0.2, 0.25) is 0 Å². The molecule has 0 fully saturated rings. The molecule has 134 valence electrons. The summed E-state index contributed by atoms with van der Waals surface area (Å²) in [6, 6.07) is 7.88. The standard InChI is InChI=1S/C19H25N3O3/c1-12-11-15-17(13(2)25-12)20-21-18(15)19(23)22(3)10-9-14-7-5-6-8-16(14)24-4/h5-8,12-13H,9-11H2,1-4H3,(H,20,21)/t12-,13+/m0/s1. The lowest BCUT2D eigenvalue weighted by molar-refractivity contribution is -0.00701. The zero-order valence-corrected chi connectivity index (χ0v) is 15.2. The third-order valence-electron chi connectivity index (χ3n) is 4.69. The monoisotopic (exact) mass is 343 g/mol. The Kier molecular flexibility index (Phi) is 5.08. The topological polar surface area (TPSA) is 67.5 Å². The molecule has 0 saturated carbocycles. The van der Waals surface area contributed by atoms with Crippen LogP contribution in [-0.2, 0) is 17.6 Å². The van der Waals surface area contributed by atoms with Gasteiger partial charge in [0.1, 0.15) is 5.75 Å². The fourth-order valence-corrected chi connectivity index (χ4v) is 3.33. The lowest BCUT2D eigenvalue weighted by Crippen LogP contribution is -2.31. The van der Waals surface area contributed by atoms with E-state index in [2.05, 4.69) is 10.2 Å². The van der Waals surface area contributed by atoms with Gasteiger partial charge in [-0.1, -0.05) is 18.2 Å². The van der Waals surface area contributed by atoms with Crippen molar-refractivity contribution in [3.63, 3.8) is 0 Å². The van der Waals surface area contributed by atoms with Crippen LogP contribution in [0.2, 0.25) is 0 Å². The van der Waals surface area contributed by atoms with Crippen molar-refractivity contribution in [3.05, 3.63) is 46.8 Å². The van der Waals surface area contributed by atoms with E-state index in [1.165, 1.54) is 0 Å². The Hall–Kier alpha value is -2.34. The van der Waals surface area contributed by atoms with Gasteiger partial charge < -0.3 is 14.4 Å². The molecule has 2 atom stereocenters. The number of likely N-dealkylation sites (N-methyl/N-ethyl adjacent to an activating group) is 1. The number of amides is 1. The highest BCUT2D eigenvalue weighted by Crippen LogP contribution is 2.30. The van der Waals surface area contributed by atoms with Crippen molar-refractivity contribution >= 4 is 5.91 Å². The highest BCUT2D eigenvalue weighted by molar-refractivity contribution is 5.94. The maximum atomic E-state index is 12.8. The molecular formula is C19H25N3O3. The summed E-state index contributed by atoms with van der Waals surface area (Å²) in [7, 11) is 3.47. The van der Waals surface area contributed by atoms with Crippen molar-refractivity contribution in [1.82, 2.24) is 15.1 Å². The van der Waals surface area contributed by atoms with Crippen molar-refractivity contribution in [2.45, 2.75) is 38.9 Å². The number of nitrogens with zero attached hydrogens (tertiary/aromatic N) is 2. The quantitative estimate of drug-likeness (QED) is 0.906. The van der Waals surface area contributed by atoms with E-state index in [0.717, 1.165) is 29.0 Å². The van der Waals surface area contributed by atoms with Gasteiger partial charge in [-0.15, -0.1) is 0 Å². The molecule has 0 bridgehead atoms. The highest BCUT2D eigenvalue weighted by atomic mass is 16.5. The van der Waals surface area contributed by atoms with E-state index >= 15 is 0 Å². The van der Waals surface area contributed by atoms with Gasteiger partial charge in [0.15, 0.2) is 5.69 Å². The SMILES string of the molecule is COc1ccccc1CCN(C)C(=O)c1n[nH]c2c1C[C@H](C)O[C@@H]2C. The Morgan fingerprint density at radius 3 is 2.92 bits per heavy atom. The number of carbonyl (C=O) groups is 1. The molecule has 0 saturated heterocycles. The van der Waals surface area contributed by atoms with Crippen molar-refractivity contribution in [2.24, 2.45) is 0 Å². The van der Waals surface area contributed by atoms with Crippen molar-refractivity contribution < 1.29 is 14.3 Å². The summed E-state index contributed by atoms with van der Waals surface area (Å²) < 4.78 is 11.2. The maximum absolute atomic E-state index is 12.8. The lowest BCUT2D eigenvalue weighted by atomic mass is 9.99. The van der Waals surface area contributed by atoms with Gasteiger partial charge in [-0.3, -0.25) is 9.89 Å². The zero-order chi connectivity index (χ0) is 18.0. The number of hydrogen-bond acceptors (Lipinski definition) is 4. The van der Waals surface area contributed by atoms with Crippen LogP contribution in [-0.4, -0.2) is 47.8 Å². The molecule has 1 aromatic carbocycles. The van der Waals surface area contributed by atoms with E-state index in [-0.39, 0.29) is 18.1 Å². The molecule has 1 aliphatic heterocycles. The molecule has 2 heterocycles. The molecule has 0 spiro atoms. The summed E-state index contributed by atoms with van der Waals surface area (Å²) in [5.41, 5.74) is 3.50. The van der Waals surface area contributed by atoms with Gasteiger partial charge in [0.25, 0.3) is 5.91 Å². The first kappa shape index (κ1) is 17.5. The normalized spacial score (nSPS) is 19.4. The van der Waals surface area contributed by atoms with E-state index in [1.54, 1.807) is 12.0 Å². The molecule has 1 N–H and O–H groups in total. The van der Waals surface area contributed by atoms with E-state index in [0.29, 0.717) is 18.7 Å². The van der Waals surface area contributed by atoms with E-state index in [1.807, 2.05) is 45.2 Å². The van der Waals surface area contributed by atoms with Gasteiger partial charge in [0.05, 0.1) is 25.0 Å². The molecule has 6 heteroatoms. The zero-order valence-electron chi connectivity index (χ0n) is 15.2. The second-order valence-corrected chi connectivity index (χ2v) is 6.55. The first-order valence-corrected chi connectivity index (χ1v) is 8.61. The molecule has 0 aliphatic carbocycles. The minimum Gasteiger partial charge on any atom is -0.496 e. The second kappa shape index (κ2) is 7.27. The molecule has 6 nitrogen and oxygen atoms in total. The summed E-state index contributed by atoms with van der Waals surface area (Å²) in [4.78, 5) is 14.6. The van der Waals surface area contributed by atoms with Gasteiger partial charge in [-0.25, -0.2) is 0 Å². The van der Waals surface area contributed by atoms with Crippen molar-refractivity contribution in [2.75, 3.05) is 20.7 Å². The first-order valence-electron chi connectivity index (χ1n) is 8.61. The maximum Gasteiger partial charge on any atom is 0.274 e. The molecule has 1 amide bonds. The number of para-hydroxylation sites is 1. The van der Waals surface area contributed by atoms with Crippen LogP contribution in [0.25, 0.3) is 0 Å². The number of aromatic nitrogens is 2. The number of carbonyl (C=O) groups excluding carboxylic acids is 1. The van der Waals surface area contributed by atoms with Crippen LogP contribution >= 0.6 is 0 Å². The highest BCUT2D eigenvalue weighted by Gasteiger charge is 2.30. The summed E-state index contributed by atoms with van der Waals surface area (Å²) in [6.45, 7) is 4.60. The molecule has 25 heavy (non-hydrogen) atoms. The first-order chi connectivity index (χ1) is 12.0. The third kappa shape index (κ3) is 3.54. The van der Waals surface area contributed by atoms with Gasteiger partial charge in [0, 0.05) is 25.6 Å². The van der Waals surface area contributed by atoms with E-state index in [4.69, 9.17) is 9.47 Å². The Morgan fingerprint density at radius 2 is 2.16 bits per heavy atom. The van der Waals surface area contributed by atoms with E-state index < -0.39 is 0 Å². The van der Waals surface area contributed by atoms with Crippen molar-refractivity contribution in [3.8, 4) is 5.75 Å². The van der Waals surface area contributed by atoms with E-state index in [9.17, 15) is 4.79 Å². The summed E-state index contributed by atoms with van der Waals surface area (Å²) >= 11 is 0. The Bertz CT molecular complexity index is 756. The van der Waals surface area contributed by atoms with Gasteiger partial charge >= 0.3 is 0 Å². The van der Waals surface area contributed by atoms with Crippen LogP contribution < -0.4 is 4.74 Å². The average molecular weight is 343 g/mol. The van der Waals surface area contributed by atoms with Gasteiger partial charge in [-0.05, 0) is 31.9 Å². The minimum absolute atomic E-state index is 0.0614. The van der Waals surface area contributed by atoms with Crippen LogP contribution in [0.1, 0.15) is 47.3 Å². The Balaban J connectivity index is 1.71. The number of ether oxygens (including phenoxy) is 2. The van der Waals surface area contributed by atoms with Gasteiger partial charge in [-0.2, -0.15) is 5.10 Å². The smallest absolute Gasteiger partial charge is 0.274 e. The predicted molar refractivity (Wildman–Crippen MR) is 94.9 cm³/mol. The number of hydrogen-bond donors (Lipinski definition) is 1. The number of methoxy groups -OCH3 is 1. The summed E-state index contributed by atoms with van der Waals surface area (Å²) in [5, 5.41) is 7.25. The number of nitrogens with one attached hydrogen (secondary N) is 1. The van der Waals surface area contributed by atoms with Crippen LogP contribution in [0, 0.1) is 0 Å². The van der Waals surface area contributed by atoms with Crippen molar-refractivity contribution in [1.29, 1.82) is 0 Å². The van der Waals surface area contributed by atoms with Crippen LogP contribution in [0.3, 0.4) is 0 Å². The Labute approximate surface area is 148 Å². The van der Waals surface area contributed by atoms with Crippen LogP contribution in [0.5, 0.6) is 5.75 Å². The number of rotatable bonds is 5. The minimum atomic E-state index is -0.0633. The van der Waals surface area contributed by atoms with Crippen LogP contribution in [0.15, 0.2) is 24.3 Å². The number of benzene rings is 1. The molecule has 3 rings (SSSR count). The Morgan fingerprint density at radius 1 is 1.40 bits per heavy atom. The molecule has 2 aromatic rings. The molecule has 0 radical (unpaired) electrons. The third-order valence-corrected chi connectivity index (χ3v) is 4.69. The summed E-state index contributed by atoms with van der Waals surface area (Å²) in [6.07, 6.45) is 1.46.